The van der Waals surface area contributed by atoms with Gasteiger partial charge in [-0.05, 0) is 55.8 Å². The Morgan fingerprint density at radius 3 is 2.33 bits per heavy atom. The van der Waals surface area contributed by atoms with Crippen molar-refractivity contribution in [2.45, 2.75) is 51.0 Å². The number of hydrogen-bond acceptors (Lipinski definition) is 3. The largest absolute Gasteiger partial charge is 0.409 e. The van der Waals surface area contributed by atoms with E-state index in [0.29, 0.717) is 30.3 Å². The lowest BCUT2D eigenvalue weighted by Crippen LogP contribution is -2.45. The zero-order chi connectivity index (χ0) is 14.6. The molecule has 4 rings (SSSR count). The van der Waals surface area contributed by atoms with Crippen molar-refractivity contribution in [2.24, 2.45) is 40.5 Å². The van der Waals surface area contributed by atoms with Crippen molar-refractivity contribution in [3.05, 3.63) is 0 Å². The highest BCUT2D eigenvalue weighted by molar-refractivity contribution is 5.89. The first kappa shape index (κ1) is 13.4. The molecule has 0 spiro atoms. The topological polar surface area (TPSA) is 78.9 Å². The molecule has 4 fully saturated rings. The number of amides is 1. The number of carbonyl (C=O) groups is 1. The van der Waals surface area contributed by atoms with Crippen LogP contribution in [-0.4, -0.2) is 34.4 Å². The molecule has 0 aliphatic heterocycles. The monoisotopic (exact) mass is 291 g/mol. The summed E-state index contributed by atoms with van der Waals surface area (Å²) >= 11 is 0. The van der Waals surface area contributed by atoms with E-state index in [-0.39, 0.29) is 11.8 Å². The fourth-order valence-electron chi connectivity index (χ4n) is 5.66. The molecule has 1 amide bonds. The summed E-state index contributed by atoms with van der Waals surface area (Å²) in [5, 5.41) is 11.9. The Morgan fingerprint density at radius 2 is 1.76 bits per heavy atom. The Kier molecular flexibility index (Phi) is 3.12. The van der Waals surface area contributed by atoms with E-state index >= 15 is 0 Å². The van der Waals surface area contributed by atoms with Crippen LogP contribution in [0.5, 0.6) is 0 Å². The van der Waals surface area contributed by atoms with Crippen LogP contribution in [0.15, 0.2) is 5.16 Å². The third kappa shape index (κ3) is 2.04. The molecule has 21 heavy (non-hydrogen) atoms. The van der Waals surface area contributed by atoms with Gasteiger partial charge in [-0.2, -0.15) is 0 Å². The molecule has 2 bridgehead atoms. The maximum atomic E-state index is 13.0. The second-order valence-corrected chi connectivity index (χ2v) is 7.51. The molecule has 4 aliphatic carbocycles. The molecule has 5 heteroatoms. The predicted octanol–water partition coefficient (Wildman–Crippen LogP) is 1.80. The first-order chi connectivity index (χ1) is 10.2. The fourth-order valence-corrected chi connectivity index (χ4v) is 5.66. The van der Waals surface area contributed by atoms with Crippen LogP contribution >= 0.6 is 0 Å². The first-order valence-corrected chi connectivity index (χ1v) is 8.47. The molecule has 4 atom stereocenters. The number of hydrogen-bond donors (Lipinski definition) is 2. The molecular formula is C16H25N3O2. The Bertz CT molecular complexity index is 456. The second-order valence-electron chi connectivity index (χ2n) is 7.51. The van der Waals surface area contributed by atoms with E-state index in [1.165, 1.54) is 32.1 Å². The molecule has 4 aliphatic rings. The SMILES string of the molecule is NC(CN(C(=O)C1C2C3CCC(C3)C12)C1CCCC1)=NO. The third-order valence-corrected chi connectivity index (χ3v) is 6.53. The standard InChI is InChI=1S/C16H25N3O2/c17-12(18-21)8-19(11-3-1-2-4-11)16(20)15-13-9-5-6-10(7-9)14(13)15/h9-11,13-15,21H,1-8H2,(H2,17,18). The van der Waals surface area contributed by atoms with Gasteiger partial charge in [-0.3, -0.25) is 4.79 Å². The van der Waals surface area contributed by atoms with E-state index in [1.54, 1.807) is 0 Å². The van der Waals surface area contributed by atoms with E-state index in [2.05, 4.69) is 5.16 Å². The zero-order valence-corrected chi connectivity index (χ0v) is 12.4. The van der Waals surface area contributed by atoms with Crippen LogP contribution in [-0.2, 0) is 4.79 Å². The van der Waals surface area contributed by atoms with Crippen molar-refractivity contribution >= 4 is 11.7 Å². The average Bonchev–Trinajstić information content (AvgIpc) is 2.94. The van der Waals surface area contributed by atoms with Gasteiger partial charge in [-0.15, -0.1) is 0 Å². The molecule has 0 radical (unpaired) electrons. The number of fused-ring (bicyclic) bond motifs is 5. The zero-order valence-electron chi connectivity index (χ0n) is 12.4. The first-order valence-electron chi connectivity index (χ1n) is 8.47. The van der Waals surface area contributed by atoms with Gasteiger partial charge in [0.1, 0.15) is 0 Å². The number of nitrogens with zero attached hydrogens (tertiary/aromatic N) is 2. The lowest BCUT2D eigenvalue weighted by atomic mass is 10.0. The van der Waals surface area contributed by atoms with Crippen molar-refractivity contribution in [3.8, 4) is 0 Å². The highest BCUT2D eigenvalue weighted by Gasteiger charge is 2.68. The molecule has 0 heterocycles. The van der Waals surface area contributed by atoms with Crippen LogP contribution in [0.2, 0.25) is 0 Å². The lowest BCUT2D eigenvalue weighted by molar-refractivity contribution is -0.135. The Labute approximate surface area is 125 Å². The van der Waals surface area contributed by atoms with Crippen LogP contribution in [0.25, 0.3) is 0 Å². The van der Waals surface area contributed by atoms with Crippen molar-refractivity contribution in [3.63, 3.8) is 0 Å². The minimum Gasteiger partial charge on any atom is -0.409 e. The Morgan fingerprint density at radius 1 is 1.14 bits per heavy atom. The summed E-state index contributed by atoms with van der Waals surface area (Å²) in [5.41, 5.74) is 5.69. The molecule has 5 nitrogen and oxygen atoms in total. The van der Waals surface area contributed by atoms with Gasteiger partial charge >= 0.3 is 0 Å². The normalized spacial score (nSPS) is 41.3. The molecule has 0 saturated heterocycles. The summed E-state index contributed by atoms with van der Waals surface area (Å²) < 4.78 is 0. The predicted molar refractivity (Wildman–Crippen MR) is 78.7 cm³/mol. The van der Waals surface area contributed by atoms with E-state index < -0.39 is 0 Å². The van der Waals surface area contributed by atoms with Crippen LogP contribution in [0.3, 0.4) is 0 Å². The molecule has 116 valence electrons. The second kappa shape index (κ2) is 4.89. The van der Waals surface area contributed by atoms with Crippen molar-refractivity contribution in [2.75, 3.05) is 6.54 Å². The summed E-state index contributed by atoms with van der Waals surface area (Å²) in [6.45, 7) is 0.297. The average molecular weight is 291 g/mol. The van der Waals surface area contributed by atoms with Gasteiger partial charge in [0.15, 0.2) is 5.84 Å². The lowest BCUT2D eigenvalue weighted by Gasteiger charge is -2.29. The number of rotatable bonds is 4. The summed E-state index contributed by atoms with van der Waals surface area (Å²) in [4.78, 5) is 14.9. The van der Waals surface area contributed by atoms with E-state index in [0.717, 1.165) is 24.7 Å². The molecule has 0 aromatic heterocycles. The van der Waals surface area contributed by atoms with E-state index in [9.17, 15) is 4.79 Å². The number of nitrogens with two attached hydrogens (primary N) is 1. The number of carbonyl (C=O) groups excluding carboxylic acids is 1. The van der Waals surface area contributed by atoms with Gasteiger partial charge in [-0.25, -0.2) is 0 Å². The fraction of sp³-hybridized carbons (Fsp3) is 0.875. The van der Waals surface area contributed by atoms with Gasteiger partial charge in [0.05, 0.1) is 6.54 Å². The molecule has 4 saturated carbocycles. The Balaban J connectivity index is 1.49. The summed E-state index contributed by atoms with van der Waals surface area (Å²) in [6.07, 6.45) is 8.54. The van der Waals surface area contributed by atoms with Gasteiger partial charge in [0.25, 0.3) is 0 Å². The van der Waals surface area contributed by atoms with Crippen molar-refractivity contribution in [1.29, 1.82) is 0 Å². The van der Waals surface area contributed by atoms with Gasteiger partial charge in [0, 0.05) is 12.0 Å². The number of oxime groups is 1. The van der Waals surface area contributed by atoms with Crippen molar-refractivity contribution < 1.29 is 10.0 Å². The molecular weight excluding hydrogens is 266 g/mol. The molecule has 0 aromatic rings. The van der Waals surface area contributed by atoms with E-state index in [4.69, 9.17) is 10.9 Å². The number of amidine groups is 1. The van der Waals surface area contributed by atoms with Gasteiger partial charge < -0.3 is 15.8 Å². The molecule has 0 aromatic carbocycles. The quantitative estimate of drug-likeness (QED) is 0.359. The van der Waals surface area contributed by atoms with Crippen molar-refractivity contribution in [1.82, 2.24) is 4.90 Å². The van der Waals surface area contributed by atoms with Crippen LogP contribution in [0, 0.1) is 29.6 Å². The third-order valence-electron chi connectivity index (χ3n) is 6.53. The molecule has 4 unspecified atom stereocenters. The highest BCUT2D eigenvalue weighted by Crippen LogP contribution is 2.69. The van der Waals surface area contributed by atoms with Gasteiger partial charge in [0.2, 0.25) is 5.91 Å². The van der Waals surface area contributed by atoms with Crippen LogP contribution < -0.4 is 5.73 Å². The van der Waals surface area contributed by atoms with E-state index in [1.807, 2.05) is 4.90 Å². The summed E-state index contributed by atoms with van der Waals surface area (Å²) in [7, 11) is 0. The minimum atomic E-state index is 0.157. The molecule has 3 N–H and O–H groups in total. The highest BCUT2D eigenvalue weighted by atomic mass is 16.4. The van der Waals surface area contributed by atoms with Crippen LogP contribution in [0.1, 0.15) is 44.9 Å². The van der Waals surface area contributed by atoms with Crippen LogP contribution in [0.4, 0.5) is 0 Å². The maximum Gasteiger partial charge on any atom is 0.226 e. The minimum absolute atomic E-state index is 0.157. The smallest absolute Gasteiger partial charge is 0.226 e. The summed E-state index contributed by atoms with van der Waals surface area (Å²) in [5.74, 6) is 3.64. The summed E-state index contributed by atoms with van der Waals surface area (Å²) in [6, 6.07) is 0.303. The van der Waals surface area contributed by atoms with Gasteiger partial charge in [-0.1, -0.05) is 18.0 Å². The Hall–Kier alpha value is -1.26. The maximum absolute atomic E-state index is 13.0.